The van der Waals surface area contributed by atoms with E-state index in [1.165, 1.54) is 17.7 Å². The average molecular weight is 349 g/mol. The van der Waals surface area contributed by atoms with Gasteiger partial charge in [-0.2, -0.15) is 0 Å². The van der Waals surface area contributed by atoms with Crippen LogP contribution in [0.2, 0.25) is 0 Å². The number of nitrogens with one attached hydrogen (secondary N) is 1. The fourth-order valence-electron chi connectivity index (χ4n) is 1.98. The molecule has 0 unspecified atom stereocenters. The van der Waals surface area contributed by atoms with Gasteiger partial charge in [0.2, 0.25) is 0 Å². The van der Waals surface area contributed by atoms with Gasteiger partial charge in [0.05, 0.1) is 10.6 Å². The maximum atomic E-state index is 10.8. The highest BCUT2D eigenvalue weighted by Crippen LogP contribution is 2.27. The molecule has 0 aliphatic carbocycles. The van der Waals surface area contributed by atoms with Crippen molar-refractivity contribution in [2.75, 3.05) is 5.32 Å². The summed E-state index contributed by atoms with van der Waals surface area (Å²) in [6, 6.07) is 13.1. The molecule has 110 valence electrons. The van der Waals surface area contributed by atoms with Gasteiger partial charge in [-0.25, -0.2) is 0 Å². The maximum absolute atomic E-state index is 10.8. The van der Waals surface area contributed by atoms with Crippen molar-refractivity contribution in [3.63, 3.8) is 0 Å². The molecule has 5 heteroatoms. The Kier molecular flexibility index (Phi) is 4.96. The van der Waals surface area contributed by atoms with Crippen LogP contribution in [0.4, 0.5) is 11.4 Å². The number of halogens is 1. The lowest BCUT2D eigenvalue weighted by Crippen LogP contribution is -2.01. The fourth-order valence-corrected chi connectivity index (χ4v) is 2.37. The van der Waals surface area contributed by atoms with Crippen molar-refractivity contribution in [3.8, 4) is 0 Å². The highest BCUT2D eigenvalue weighted by molar-refractivity contribution is 9.10. The SMILES string of the molecule is CC(C)c1ccc(CNc2cc([N+](=O)[O-])ccc2Br)cc1. The minimum absolute atomic E-state index is 0.0795. The van der Waals surface area contributed by atoms with Crippen LogP contribution >= 0.6 is 15.9 Å². The monoisotopic (exact) mass is 348 g/mol. The predicted octanol–water partition coefficient (Wildman–Crippen LogP) is 5.09. The molecule has 0 atom stereocenters. The Morgan fingerprint density at radius 2 is 1.86 bits per heavy atom. The molecule has 1 N–H and O–H groups in total. The van der Waals surface area contributed by atoms with Crippen LogP contribution in [0, 0.1) is 10.1 Å². The minimum atomic E-state index is -0.394. The third-order valence-electron chi connectivity index (χ3n) is 3.29. The number of anilines is 1. The molecule has 2 aromatic carbocycles. The van der Waals surface area contributed by atoms with E-state index >= 15 is 0 Å². The third kappa shape index (κ3) is 4.04. The highest BCUT2D eigenvalue weighted by Gasteiger charge is 2.09. The van der Waals surface area contributed by atoms with Crippen molar-refractivity contribution in [1.29, 1.82) is 0 Å². The molecule has 0 saturated heterocycles. The number of nitro benzene ring substituents is 1. The van der Waals surface area contributed by atoms with E-state index in [1.807, 2.05) is 0 Å². The molecule has 0 aromatic heterocycles. The number of rotatable bonds is 5. The van der Waals surface area contributed by atoms with Crippen molar-refractivity contribution >= 4 is 27.3 Å². The normalized spacial score (nSPS) is 10.7. The Hall–Kier alpha value is -1.88. The Labute approximate surface area is 132 Å². The molecular weight excluding hydrogens is 332 g/mol. The van der Waals surface area contributed by atoms with Gasteiger partial charge in [0.25, 0.3) is 5.69 Å². The van der Waals surface area contributed by atoms with Gasteiger partial charge < -0.3 is 5.32 Å². The van der Waals surface area contributed by atoms with Gasteiger partial charge in [-0.15, -0.1) is 0 Å². The van der Waals surface area contributed by atoms with E-state index in [-0.39, 0.29) is 5.69 Å². The zero-order valence-corrected chi connectivity index (χ0v) is 13.6. The summed E-state index contributed by atoms with van der Waals surface area (Å²) < 4.78 is 0.812. The largest absolute Gasteiger partial charge is 0.380 e. The molecule has 0 aliphatic heterocycles. The summed E-state index contributed by atoms with van der Waals surface area (Å²) in [4.78, 5) is 10.4. The van der Waals surface area contributed by atoms with Crippen LogP contribution in [0.3, 0.4) is 0 Å². The fraction of sp³-hybridized carbons (Fsp3) is 0.250. The number of hydrogen-bond acceptors (Lipinski definition) is 3. The summed E-state index contributed by atoms with van der Waals surface area (Å²) >= 11 is 3.40. The molecule has 0 spiro atoms. The van der Waals surface area contributed by atoms with Crippen molar-refractivity contribution in [2.45, 2.75) is 26.3 Å². The first-order valence-electron chi connectivity index (χ1n) is 6.74. The molecule has 0 saturated carbocycles. The lowest BCUT2D eigenvalue weighted by Gasteiger charge is -2.10. The first-order valence-corrected chi connectivity index (χ1v) is 7.53. The zero-order chi connectivity index (χ0) is 15.4. The minimum Gasteiger partial charge on any atom is -0.380 e. The van der Waals surface area contributed by atoms with Crippen LogP contribution in [0.5, 0.6) is 0 Å². The molecule has 0 heterocycles. The van der Waals surface area contributed by atoms with E-state index in [1.54, 1.807) is 6.07 Å². The highest BCUT2D eigenvalue weighted by atomic mass is 79.9. The Bertz CT molecular complexity index is 639. The van der Waals surface area contributed by atoms with E-state index in [0.717, 1.165) is 15.7 Å². The topological polar surface area (TPSA) is 55.2 Å². The van der Waals surface area contributed by atoms with Crippen molar-refractivity contribution < 1.29 is 4.92 Å². The van der Waals surface area contributed by atoms with Crippen LogP contribution in [0.25, 0.3) is 0 Å². The number of non-ortho nitro benzene ring substituents is 1. The first-order chi connectivity index (χ1) is 9.97. The maximum Gasteiger partial charge on any atom is 0.271 e. The number of benzene rings is 2. The van der Waals surface area contributed by atoms with Gasteiger partial charge >= 0.3 is 0 Å². The summed E-state index contributed by atoms with van der Waals surface area (Å²) in [5, 5.41) is 14.0. The average Bonchev–Trinajstić information content (AvgIpc) is 2.46. The van der Waals surface area contributed by atoms with Crippen LogP contribution in [0.15, 0.2) is 46.9 Å². The van der Waals surface area contributed by atoms with Gasteiger partial charge in [0.1, 0.15) is 0 Å². The molecule has 0 aliphatic rings. The zero-order valence-electron chi connectivity index (χ0n) is 12.0. The number of hydrogen-bond donors (Lipinski definition) is 1. The smallest absolute Gasteiger partial charge is 0.271 e. The Balaban J connectivity index is 2.09. The first kappa shape index (κ1) is 15.5. The quantitative estimate of drug-likeness (QED) is 0.604. The molecule has 0 fully saturated rings. The molecular formula is C16H17BrN2O2. The second kappa shape index (κ2) is 6.72. The molecule has 21 heavy (non-hydrogen) atoms. The third-order valence-corrected chi connectivity index (χ3v) is 3.98. The van der Waals surface area contributed by atoms with Gasteiger partial charge in [-0.3, -0.25) is 10.1 Å². The lowest BCUT2D eigenvalue weighted by atomic mass is 10.0. The summed E-state index contributed by atoms with van der Waals surface area (Å²) in [5.74, 6) is 0.512. The van der Waals surface area contributed by atoms with E-state index in [2.05, 4.69) is 59.4 Å². The van der Waals surface area contributed by atoms with Crippen molar-refractivity contribution in [1.82, 2.24) is 0 Å². The van der Waals surface area contributed by atoms with Gasteiger partial charge in [0, 0.05) is 23.2 Å². The molecule has 4 nitrogen and oxygen atoms in total. The molecule has 0 bridgehead atoms. The van der Waals surface area contributed by atoms with Crippen LogP contribution in [-0.4, -0.2) is 4.92 Å². The molecule has 2 aromatic rings. The Morgan fingerprint density at radius 3 is 2.43 bits per heavy atom. The van der Waals surface area contributed by atoms with E-state index < -0.39 is 4.92 Å². The van der Waals surface area contributed by atoms with E-state index in [4.69, 9.17) is 0 Å². The number of nitro groups is 1. The van der Waals surface area contributed by atoms with Crippen molar-refractivity contribution in [3.05, 3.63) is 68.2 Å². The van der Waals surface area contributed by atoms with Crippen LogP contribution in [0.1, 0.15) is 30.9 Å². The van der Waals surface area contributed by atoms with E-state index in [9.17, 15) is 10.1 Å². The lowest BCUT2D eigenvalue weighted by molar-refractivity contribution is -0.384. The number of nitrogens with zero attached hydrogens (tertiary/aromatic N) is 1. The summed E-state index contributed by atoms with van der Waals surface area (Å²) in [6.45, 7) is 4.94. The summed E-state index contributed by atoms with van der Waals surface area (Å²) in [6.07, 6.45) is 0. The van der Waals surface area contributed by atoms with Crippen LogP contribution < -0.4 is 5.32 Å². The van der Waals surface area contributed by atoms with Gasteiger partial charge in [-0.05, 0) is 39.0 Å². The van der Waals surface area contributed by atoms with Crippen LogP contribution in [-0.2, 0) is 6.54 Å². The van der Waals surface area contributed by atoms with E-state index in [0.29, 0.717) is 12.5 Å². The second-order valence-electron chi connectivity index (χ2n) is 5.17. The van der Waals surface area contributed by atoms with Gasteiger partial charge in [-0.1, -0.05) is 38.1 Å². The van der Waals surface area contributed by atoms with Gasteiger partial charge in [0.15, 0.2) is 0 Å². The molecule has 2 rings (SSSR count). The van der Waals surface area contributed by atoms with Crippen molar-refractivity contribution in [2.24, 2.45) is 0 Å². The Morgan fingerprint density at radius 1 is 1.19 bits per heavy atom. The summed E-state index contributed by atoms with van der Waals surface area (Å²) in [5.41, 5.74) is 3.24. The standard InChI is InChI=1S/C16H17BrN2O2/c1-11(2)13-5-3-12(4-6-13)10-18-16-9-14(19(20)21)7-8-15(16)17/h3-9,11,18H,10H2,1-2H3. The molecule has 0 amide bonds. The predicted molar refractivity (Wildman–Crippen MR) is 88.7 cm³/mol. The molecule has 0 radical (unpaired) electrons. The second-order valence-corrected chi connectivity index (χ2v) is 6.03. The summed E-state index contributed by atoms with van der Waals surface area (Å²) in [7, 11) is 0.